The number of ether oxygens (including phenoxy) is 2. The van der Waals surface area contributed by atoms with Crippen molar-refractivity contribution in [3.63, 3.8) is 0 Å². The number of rotatable bonds is 6. The van der Waals surface area contributed by atoms with Crippen molar-refractivity contribution < 1.29 is 58.2 Å². The molecule has 0 aromatic heterocycles. The second-order valence-electron chi connectivity index (χ2n) is 11.2. The lowest BCUT2D eigenvalue weighted by molar-refractivity contribution is -0.143. The molecule has 1 amide bonds. The highest BCUT2D eigenvalue weighted by Gasteiger charge is 2.51. The third-order valence-electron chi connectivity index (χ3n) is 7.96. The van der Waals surface area contributed by atoms with Crippen LogP contribution in [0.3, 0.4) is 0 Å². The summed E-state index contributed by atoms with van der Waals surface area (Å²) in [6.07, 6.45) is -16.4. The Morgan fingerprint density at radius 1 is 0.844 bits per heavy atom. The van der Waals surface area contributed by atoms with Gasteiger partial charge in [0.1, 0.15) is 11.6 Å². The lowest BCUT2D eigenvalue weighted by atomic mass is 9.86. The van der Waals surface area contributed by atoms with Gasteiger partial charge < -0.3 is 9.47 Å². The number of amides is 1. The Kier molecular flexibility index (Phi) is 8.62. The summed E-state index contributed by atoms with van der Waals surface area (Å²) in [5, 5.41) is 0. The summed E-state index contributed by atoms with van der Waals surface area (Å²) < 4.78 is 148. The zero-order valence-corrected chi connectivity index (χ0v) is 24.4. The summed E-state index contributed by atoms with van der Waals surface area (Å²) in [5.74, 6) is -0.981. The minimum Gasteiger partial charge on any atom is -0.496 e. The van der Waals surface area contributed by atoms with Crippen LogP contribution >= 0.6 is 0 Å². The van der Waals surface area contributed by atoms with Gasteiger partial charge in [0.25, 0.3) is 0 Å². The van der Waals surface area contributed by atoms with E-state index in [9.17, 15) is 48.7 Å². The van der Waals surface area contributed by atoms with E-state index in [-0.39, 0.29) is 40.0 Å². The maximum Gasteiger partial charge on any atom is 0.416 e. The number of cyclic esters (lactones) is 1. The molecule has 0 bridgehead atoms. The van der Waals surface area contributed by atoms with Gasteiger partial charge >= 0.3 is 24.6 Å². The molecule has 0 N–H and O–H groups in total. The van der Waals surface area contributed by atoms with Crippen LogP contribution in [0, 0.1) is 5.82 Å². The molecule has 1 aliphatic rings. The predicted octanol–water partition coefficient (Wildman–Crippen LogP) is 9.94. The second-order valence-corrected chi connectivity index (χ2v) is 11.2. The maximum atomic E-state index is 14.7. The first-order chi connectivity index (χ1) is 20.6. The minimum atomic E-state index is -5.17. The van der Waals surface area contributed by atoms with Crippen LogP contribution in [0.15, 0.2) is 48.5 Å². The van der Waals surface area contributed by atoms with Crippen LogP contribution in [0.2, 0.25) is 0 Å². The van der Waals surface area contributed by atoms with Crippen molar-refractivity contribution in [1.29, 1.82) is 0 Å². The van der Waals surface area contributed by atoms with Crippen molar-refractivity contribution in [2.24, 2.45) is 0 Å². The lowest BCUT2D eigenvalue weighted by Gasteiger charge is -2.31. The van der Waals surface area contributed by atoms with Gasteiger partial charge in [-0.05, 0) is 78.4 Å². The van der Waals surface area contributed by atoms with Crippen LogP contribution in [0.25, 0.3) is 11.1 Å². The molecule has 1 saturated heterocycles. The maximum absolute atomic E-state index is 14.7. The molecule has 1 aliphatic heterocycles. The Morgan fingerprint density at radius 2 is 1.40 bits per heavy atom. The molecule has 45 heavy (non-hydrogen) atoms. The molecule has 1 fully saturated rings. The predicted molar refractivity (Wildman–Crippen MR) is 143 cm³/mol. The molecule has 3 aromatic rings. The van der Waals surface area contributed by atoms with Gasteiger partial charge in [0.15, 0.2) is 5.60 Å². The summed E-state index contributed by atoms with van der Waals surface area (Å²) in [4.78, 5) is 14.1. The summed E-state index contributed by atoms with van der Waals surface area (Å²) in [6, 6.07) is 4.68. The van der Waals surface area contributed by atoms with Gasteiger partial charge in [-0.15, -0.1) is 0 Å². The molecule has 3 aromatic carbocycles. The minimum absolute atomic E-state index is 0.0246. The van der Waals surface area contributed by atoms with Crippen LogP contribution in [-0.2, 0) is 35.4 Å². The highest BCUT2D eigenvalue weighted by Crippen LogP contribution is 2.46. The Hall–Kier alpha value is -3.97. The summed E-state index contributed by atoms with van der Waals surface area (Å²) >= 11 is 0. The van der Waals surface area contributed by atoms with Gasteiger partial charge in [-0.1, -0.05) is 19.9 Å². The first-order valence-electron chi connectivity index (χ1n) is 13.5. The van der Waals surface area contributed by atoms with E-state index in [0.29, 0.717) is 12.1 Å². The van der Waals surface area contributed by atoms with Crippen LogP contribution in [0.5, 0.6) is 5.75 Å². The first-order valence-corrected chi connectivity index (χ1v) is 13.5. The number of hydrogen-bond acceptors (Lipinski definition) is 3. The number of halogens is 10. The standard InChI is InChI=1S/C31H27F10NO3/c1-15(2)23-12-24(26(44-5)13-25(23)32)22-7-6-18(29(33,34)35)8-17(22)14-42-16(3)28(4,45-27(42)43)19-9-20(30(36,37)38)11-21(10-19)31(39,40)41/h6-13,15-16H,14H2,1-5H3/t16-,28-/m0/s1. The number of alkyl halides is 9. The fourth-order valence-corrected chi connectivity index (χ4v) is 5.26. The fraction of sp³-hybridized carbons (Fsp3) is 0.387. The molecule has 0 aliphatic carbocycles. The van der Waals surface area contributed by atoms with Crippen molar-refractivity contribution in [1.82, 2.24) is 4.90 Å². The van der Waals surface area contributed by atoms with Gasteiger partial charge in [0.05, 0.1) is 36.4 Å². The molecule has 4 nitrogen and oxygen atoms in total. The SMILES string of the molecule is COc1cc(F)c(C(C)C)cc1-c1ccc(C(F)(F)F)cc1CN1C(=O)O[C@](C)(c2cc(C(F)(F)F)cc(C(F)(F)F)c2)[C@@H]1C. The third-order valence-corrected chi connectivity index (χ3v) is 7.96. The topological polar surface area (TPSA) is 38.8 Å². The van der Waals surface area contributed by atoms with Gasteiger partial charge in [0.2, 0.25) is 0 Å². The van der Waals surface area contributed by atoms with E-state index < -0.39 is 70.9 Å². The summed E-state index contributed by atoms with van der Waals surface area (Å²) in [6.45, 7) is 5.21. The average molecular weight is 652 g/mol. The van der Waals surface area contributed by atoms with E-state index >= 15 is 0 Å². The largest absolute Gasteiger partial charge is 0.496 e. The molecule has 2 atom stereocenters. The van der Waals surface area contributed by atoms with Crippen LogP contribution < -0.4 is 4.74 Å². The van der Waals surface area contributed by atoms with Crippen LogP contribution in [0.4, 0.5) is 48.7 Å². The van der Waals surface area contributed by atoms with Gasteiger partial charge in [0, 0.05) is 11.6 Å². The van der Waals surface area contributed by atoms with E-state index in [2.05, 4.69) is 0 Å². The molecular formula is C31H27F10NO3. The third kappa shape index (κ3) is 6.55. The molecule has 4 rings (SSSR count). The van der Waals surface area contributed by atoms with Crippen molar-refractivity contribution in [3.8, 4) is 16.9 Å². The zero-order valence-electron chi connectivity index (χ0n) is 24.4. The molecule has 0 spiro atoms. The first kappa shape index (κ1) is 33.9. The quantitative estimate of drug-likeness (QED) is 0.249. The molecule has 14 heteroatoms. The van der Waals surface area contributed by atoms with E-state index in [4.69, 9.17) is 9.47 Å². The zero-order chi connectivity index (χ0) is 33.9. The number of carbonyl (C=O) groups is 1. The van der Waals surface area contributed by atoms with E-state index in [1.165, 1.54) is 20.1 Å². The Bertz CT molecular complexity index is 1580. The molecule has 0 saturated carbocycles. The smallest absolute Gasteiger partial charge is 0.416 e. The van der Waals surface area contributed by atoms with E-state index in [1.54, 1.807) is 13.8 Å². The molecule has 1 heterocycles. The van der Waals surface area contributed by atoms with E-state index in [1.807, 2.05) is 0 Å². The highest BCUT2D eigenvalue weighted by molar-refractivity contribution is 5.77. The molecule has 0 unspecified atom stereocenters. The Labute approximate surface area is 251 Å². The molecular weight excluding hydrogens is 624 g/mol. The Balaban J connectivity index is 1.86. The Morgan fingerprint density at radius 3 is 1.89 bits per heavy atom. The monoisotopic (exact) mass is 651 g/mol. The van der Waals surface area contributed by atoms with E-state index in [0.717, 1.165) is 36.1 Å². The van der Waals surface area contributed by atoms with Crippen LogP contribution in [0.1, 0.15) is 67.0 Å². The number of nitrogens with zero attached hydrogens (tertiary/aromatic N) is 1. The number of benzene rings is 3. The number of carbonyl (C=O) groups excluding carboxylic acids is 1. The lowest BCUT2D eigenvalue weighted by Crippen LogP contribution is -2.39. The fourth-order valence-electron chi connectivity index (χ4n) is 5.26. The average Bonchev–Trinajstić information content (AvgIpc) is 3.14. The molecule has 0 radical (unpaired) electrons. The normalized spacial score (nSPS) is 19.3. The van der Waals surface area contributed by atoms with Crippen molar-refractivity contribution in [2.75, 3.05) is 7.11 Å². The van der Waals surface area contributed by atoms with Crippen molar-refractivity contribution in [2.45, 2.75) is 70.3 Å². The second kappa shape index (κ2) is 11.4. The summed E-state index contributed by atoms with van der Waals surface area (Å²) in [7, 11) is 1.23. The number of hydrogen-bond donors (Lipinski definition) is 0. The number of methoxy groups -OCH3 is 1. The van der Waals surface area contributed by atoms with Crippen LogP contribution in [-0.4, -0.2) is 24.1 Å². The van der Waals surface area contributed by atoms with Crippen molar-refractivity contribution in [3.05, 3.63) is 87.7 Å². The van der Waals surface area contributed by atoms with Gasteiger partial charge in [-0.25, -0.2) is 9.18 Å². The van der Waals surface area contributed by atoms with Crippen molar-refractivity contribution >= 4 is 6.09 Å². The molecule has 244 valence electrons. The highest BCUT2D eigenvalue weighted by atomic mass is 19.4. The van der Waals surface area contributed by atoms with Gasteiger partial charge in [-0.3, -0.25) is 4.90 Å². The van der Waals surface area contributed by atoms with Gasteiger partial charge in [-0.2, -0.15) is 39.5 Å². The summed E-state index contributed by atoms with van der Waals surface area (Å²) in [5.41, 5.74) is -6.60.